The third kappa shape index (κ3) is 4.16. The Morgan fingerprint density at radius 1 is 1.13 bits per heavy atom. The van der Waals surface area contributed by atoms with E-state index in [-0.39, 0.29) is 35.2 Å². The van der Waals surface area contributed by atoms with Gasteiger partial charge in [0.05, 0.1) is 5.25 Å². The van der Waals surface area contributed by atoms with Crippen LogP contribution in [0.1, 0.15) is 80.5 Å². The van der Waals surface area contributed by atoms with Crippen molar-refractivity contribution in [3.63, 3.8) is 0 Å². The number of sulfonamides is 1. The van der Waals surface area contributed by atoms with Crippen molar-refractivity contribution >= 4 is 15.9 Å². The normalized spacial score (nSPS) is 31.6. The molecule has 3 saturated heterocycles. The number of amides is 1. The summed E-state index contributed by atoms with van der Waals surface area (Å²) in [7, 11) is -1.25. The van der Waals surface area contributed by atoms with E-state index in [1.54, 1.807) is 6.07 Å². The van der Waals surface area contributed by atoms with Crippen LogP contribution >= 0.6 is 0 Å². The summed E-state index contributed by atoms with van der Waals surface area (Å²) in [6.45, 7) is 3.84. The van der Waals surface area contributed by atoms with Gasteiger partial charge in [-0.25, -0.2) is 8.42 Å². The number of hydrogen-bond donors (Lipinski definition) is 1. The smallest absolute Gasteiger partial charge is 0.273 e. The highest BCUT2D eigenvalue weighted by atomic mass is 32.2. The van der Waals surface area contributed by atoms with Gasteiger partial charge in [0.15, 0.2) is 5.69 Å². The molecule has 4 heterocycles. The van der Waals surface area contributed by atoms with Crippen molar-refractivity contribution in [2.45, 2.75) is 87.6 Å². The van der Waals surface area contributed by atoms with Crippen molar-refractivity contribution in [3.8, 4) is 0 Å². The summed E-state index contributed by atoms with van der Waals surface area (Å²) in [6.07, 6.45) is 7.20. The van der Waals surface area contributed by atoms with Gasteiger partial charge < -0.3 is 14.7 Å². The highest BCUT2D eigenvalue weighted by molar-refractivity contribution is 7.89. The average Bonchev–Trinajstić information content (AvgIpc) is 3.40. The molecule has 0 aromatic carbocycles. The van der Waals surface area contributed by atoms with Crippen LogP contribution in [0.25, 0.3) is 0 Å². The van der Waals surface area contributed by atoms with E-state index in [1.165, 1.54) is 0 Å². The zero-order chi connectivity index (χ0) is 21.8. The maximum absolute atomic E-state index is 13.6. The van der Waals surface area contributed by atoms with Crippen LogP contribution in [0, 0.1) is 5.92 Å². The molecule has 1 aliphatic carbocycles. The average molecular weight is 451 g/mol. The van der Waals surface area contributed by atoms with E-state index in [2.05, 4.69) is 22.4 Å². The Morgan fingerprint density at radius 3 is 2.39 bits per heavy atom. The lowest BCUT2D eigenvalue weighted by atomic mass is 9.94. The molecule has 0 radical (unpaired) electrons. The summed E-state index contributed by atoms with van der Waals surface area (Å²) in [5, 5.41) is 6.68. The molecule has 9 heteroatoms. The Kier molecular flexibility index (Phi) is 5.63. The van der Waals surface area contributed by atoms with E-state index in [0.717, 1.165) is 57.4 Å². The second-order valence-corrected chi connectivity index (χ2v) is 12.3. The van der Waals surface area contributed by atoms with Crippen molar-refractivity contribution in [1.29, 1.82) is 0 Å². The lowest BCUT2D eigenvalue weighted by molar-refractivity contribution is 0.0899. The van der Waals surface area contributed by atoms with Crippen LogP contribution in [0.15, 0.2) is 10.6 Å². The lowest BCUT2D eigenvalue weighted by Gasteiger charge is -2.41. The van der Waals surface area contributed by atoms with Crippen LogP contribution in [0.4, 0.5) is 0 Å². The van der Waals surface area contributed by atoms with E-state index in [1.807, 2.05) is 11.2 Å². The first kappa shape index (κ1) is 21.4. The summed E-state index contributed by atoms with van der Waals surface area (Å²) in [5.41, 5.74) is 0.334. The zero-order valence-corrected chi connectivity index (χ0v) is 19.3. The molecule has 4 aliphatic rings. The Hall–Kier alpha value is -1.45. The molecular weight excluding hydrogens is 416 g/mol. The van der Waals surface area contributed by atoms with E-state index in [4.69, 9.17) is 4.52 Å². The molecule has 4 atom stereocenters. The fourth-order valence-corrected chi connectivity index (χ4v) is 8.17. The fourth-order valence-electron chi connectivity index (χ4n) is 5.82. The molecule has 31 heavy (non-hydrogen) atoms. The minimum Gasteiger partial charge on any atom is -0.360 e. The highest BCUT2D eigenvalue weighted by Crippen LogP contribution is 2.41. The van der Waals surface area contributed by atoms with Crippen LogP contribution in [-0.2, 0) is 10.0 Å². The molecule has 2 bridgehead atoms. The quantitative estimate of drug-likeness (QED) is 0.715. The SMILES string of the molecule is C[C@H](C1CCN(C)CC1)S(=O)(=O)N1[C@@H]2CC[C@H]1C[C@@H](NC(=O)c1cc(C3CC3)on1)C2. The molecule has 5 rings (SSSR count). The summed E-state index contributed by atoms with van der Waals surface area (Å²) in [5.74, 6) is 1.24. The number of nitrogens with one attached hydrogen (secondary N) is 1. The third-order valence-electron chi connectivity index (χ3n) is 7.93. The van der Waals surface area contributed by atoms with Gasteiger partial charge >= 0.3 is 0 Å². The molecule has 0 unspecified atom stereocenters. The van der Waals surface area contributed by atoms with Gasteiger partial charge in [0, 0.05) is 30.1 Å². The van der Waals surface area contributed by atoms with Crippen molar-refractivity contribution in [2.24, 2.45) is 5.92 Å². The molecule has 1 amide bonds. The van der Waals surface area contributed by atoms with E-state index in [9.17, 15) is 13.2 Å². The van der Waals surface area contributed by atoms with Crippen LogP contribution in [0.2, 0.25) is 0 Å². The van der Waals surface area contributed by atoms with Crippen LogP contribution in [0.5, 0.6) is 0 Å². The van der Waals surface area contributed by atoms with Crippen molar-refractivity contribution in [1.82, 2.24) is 19.7 Å². The van der Waals surface area contributed by atoms with Crippen molar-refractivity contribution < 1.29 is 17.7 Å². The molecule has 3 aliphatic heterocycles. The van der Waals surface area contributed by atoms with Gasteiger partial charge in [-0.1, -0.05) is 5.16 Å². The first-order valence-electron chi connectivity index (χ1n) is 11.8. The number of carbonyl (C=O) groups excluding carboxylic acids is 1. The number of piperidine rings is 2. The number of fused-ring (bicyclic) bond motifs is 2. The highest BCUT2D eigenvalue weighted by Gasteiger charge is 2.49. The second-order valence-electron chi connectivity index (χ2n) is 10.1. The molecular formula is C22H34N4O4S. The summed E-state index contributed by atoms with van der Waals surface area (Å²) in [6, 6.07) is 1.71. The Balaban J connectivity index is 1.22. The topological polar surface area (TPSA) is 95.8 Å². The molecule has 1 saturated carbocycles. The Morgan fingerprint density at radius 2 is 1.77 bits per heavy atom. The first-order valence-corrected chi connectivity index (χ1v) is 13.3. The molecule has 8 nitrogen and oxygen atoms in total. The molecule has 1 aromatic heterocycles. The zero-order valence-electron chi connectivity index (χ0n) is 18.5. The fraction of sp³-hybridized carbons (Fsp3) is 0.818. The van der Waals surface area contributed by atoms with Gasteiger partial charge in [0.2, 0.25) is 10.0 Å². The summed E-state index contributed by atoms with van der Waals surface area (Å²) < 4.78 is 34.2. The predicted molar refractivity (Wildman–Crippen MR) is 116 cm³/mol. The van der Waals surface area contributed by atoms with Crippen LogP contribution in [0.3, 0.4) is 0 Å². The number of hydrogen-bond acceptors (Lipinski definition) is 6. The molecule has 1 aromatic rings. The van der Waals surface area contributed by atoms with Gasteiger partial charge in [0.25, 0.3) is 5.91 Å². The Labute approximate surface area is 184 Å². The Bertz CT molecular complexity index is 906. The molecule has 1 N–H and O–H groups in total. The van der Waals surface area contributed by atoms with Gasteiger partial charge in [-0.15, -0.1) is 0 Å². The number of likely N-dealkylation sites (tertiary alicyclic amines) is 1. The lowest BCUT2D eigenvalue weighted by Crippen LogP contribution is -2.55. The van der Waals surface area contributed by atoms with E-state index >= 15 is 0 Å². The number of carbonyl (C=O) groups is 1. The second kappa shape index (κ2) is 8.15. The van der Waals surface area contributed by atoms with Crippen molar-refractivity contribution in [3.05, 3.63) is 17.5 Å². The van der Waals surface area contributed by atoms with Gasteiger partial charge in [-0.3, -0.25) is 4.79 Å². The number of nitrogens with zero attached hydrogens (tertiary/aromatic N) is 3. The van der Waals surface area contributed by atoms with Crippen LogP contribution < -0.4 is 5.32 Å². The van der Waals surface area contributed by atoms with E-state index in [0.29, 0.717) is 24.5 Å². The molecule has 172 valence electrons. The maximum atomic E-state index is 13.6. The van der Waals surface area contributed by atoms with Gasteiger partial charge in [-0.2, -0.15) is 4.31 Å². The number of aromatic nitrogens is 1. The monoisotopic (exact) mass is 450 g/mol. The van der Waals surface area contributed by atoms with Crippen molar-refractivity contribution in [2.75, 3.05) is 20.1 Å². The predicted octanol–water partition coefficient (Wildman–Crippen LogP) is 2.34. The first-order chi connectivity index (χ1) is 14.8. The largest absolute Gasteiger partial charge is 0.360 e. The standard InChI is InChI=1S/C22H34N4O4S/c1-14(15-7-9-25(2)10-8-15)31(28,29)26-18-5-6-19(26)12-17(11-18)23-22(27)20-13-21(30-24-20)16-3-4-16/h13-19H,3-12H2,1-2H3,(H,23,27)/t14-,17-,18+,19-/m1/s1. The van der Waals surface area contributed by atoms with Crippen LogP contribution in [-0.4, -0.2) is 72.2 Å². The third-order valence-corrected chi connectivity index (χ3v) is 10.4. The summed E-state index contributed by atoms with van der Waals surface area (Å²) >= 11 is 0. The molecule has 0 spiro atoms. The minimum atomic E-state index is -3.34. The minimum absolute atomic E-state index is 0.0119. The summed E-state index contributed by atoms with van der Waals surface area (Å²) in [4.78, 5) is 14.9. The van der Waals surface area contributed by atoms with E-state index < -0.39 is 10.0 Å². The molecule has 4 fully saturated rings. The maximum Gasteiger partial charge on any atom is 0.273 e. The van der Waals surface area contributed by atoms with Gasteiger partial charge in [-0.05, 0) is 84.3 Å². The number of rotatable bonds is 6. The van der Waals surface area contributed by atoms with Gasteiger partial charge in [0.1, 0.15) is 5.76 Å².